The molecular formula is C10H9IO. The summed E-state index contributed by atoms with van der Waals surface area (Å²) in [4.78, 5) is 0. The highest BCUT2D eigenvalue weighted by molar-refractivity contribution is 14.1. The summed E-state index contributed by atoms with van der Waals surface area (Å²) in [6, 6.07) is 7.77. The Labute approximate surface area is 86.3 Å². The molecule has 0 heterocycles. The lowest BCUT2D eigenvalue weighted by Gasteiger charge is -2.00. The van der Waals surface area contributed by atoms with Gasteiger partial charge in [-0.15, -0.1) is 0 Å². The van der Waals surface area contributed by atoms with Crippen molar-refractivity contribution in [2.24, 2.45) is 0 Å². The molecule has 0 aliphatic carbocycles. The number of hydrogen-bond acceptors (Lipinski definition) is 1. The molecule has 0 saturated heterocycles. The Balaban J connectivity index is 2.97. The topological polar surface area (TPSA) is 9.23 Å². The fraction of sp³-hybridized carbons (Fsp3) is 0.200. The van der Waals surface area contributed by atoms with Crippen LogP contribution in [0.1, 0.15) is 5.56 Å². The largest absolute Gasteiger partial charge is 0.495 e. The SMILES string of the molecule is COc1ccccc1C#CCI. The molecule has 0 aliphatic heterocycles. The maximum absolute atomic E-state index is 5.14. The van der Waals surface area contributed by atoms with Gasteiger partial charge in [0.2, 0.25) is 0 Å². The highest BCUT2D eigenvalue weighted by Gasteiger charge is 1.95. The van der Waals surface area contributed by atoms with E-state index < -0.39 is 0 Å². The van der Waals surface area contributed by atoms with Crippen LogP contribution in [0.5, 0.6) is 5.75 Å². The normalized spacial score (nSPS) is 8.50. The summed E-state index contributed by atoms with van der Waals surface area (Å²) in [5.41, 5.74) is 0.955. The van der Waals surface area contributed by atoms with Crippen molar-refractivity contribution < 1.29 is 4.74 Å². The Morgan fingerprint density at radius 3 is 2.83 bits per heavy atom. The zero-order valence-electron chi connectivity index (χ0n) is 6.80. The number of ether oxygens (including phenoxy) is 1. The zero-order chi connectivity index (χ0) is 8.81. The number of alkyl halides is 1. The van der Waals surface area contributed by atoms with Crippen LogP contribution in [0.15, 0.2) is 24.3 Å². The number of rotatable bonds is 1. The van der Waals surface area contributed by atoms with Gasteiger partial charge in [-0.2, -0.15) is 0 Å². The number of benzene rings is 1. The monoisotopic (exact) mass is 272 g/mol. The molecule has 1 nitrogen and oxygen atoms in total. The average Bonchev–Trinajstić information content (AvgIpc) is 2.15. The number of para-hydroxylation sites is 1. The number of methoxy groups -OCH3 is 1. The fourth-order valence-corrected chi connectivity index (χ4v) is 1.07. The molecule has 0 spiro atoms. The minimum atomic E-state index is 0.842. The third kappa shape index (κ3) is 2.42. The van der Waals surface area contributed by atoms with E-state index in [1.807, 2.05) is 24.3 Å². The van der Waals surface area contributed by atoms with E-state index in [1.54, 1.807) is 7.11 Å². The van der Waals surface area contributed by atoms with Crippen LogP contribution in [0, 0.1) is 11.8 Å². The summed E-state index contributed by atoms with van der Waals surface area (Å²) in [7, 11) is 1.66. The van der Waals surface area contributed by atoms with Crippen molar-refractivity contribution in [1.29, 1.82) is 0 Å². The van der Waals surface area contributed by atoms with Crippen LogP contribution in [0.4, 0.5) is 0 Å². The van der Waals surface area contributed by atoms with Gasteiger partial charge in [0, 0.05) is 0 Å². The summed E-state index contributed by atoms with van der Waals surface area (Å²) in [5, 5.41) is 0. The third-order valence-corrected chi connectivity index (χ3v) is 1.78. The highest BCUT2D eigenvalue weighted by atomic mass is 127. The van der Waals surface area contributed by atoms with Gasteiger partial charge in [-0.1, -0.05) is 46.6 Å². The fourth-order valence-electron chi connectivity index (χ4n) is 0.877. The zero-order valence-corrected chi connectivity index (χ0v) is 8.96. The maximum atomic E-state index is 5.14. The lowest BCUT2D eigenvalue weighted by atomic mass is 10.2. The number of halogens is 1. The summed E-state index contributed by atoms with van der Waals surface area (Å²) in [6.07, 6.45) is 0. The smallest absolute Gasteiger partial charge is 0.134 e. The molecule has 62 valence electrons. The number of hydrogen-bond donors (Lipinski definition) is 0. The average molecular weight is 272 g/mol. The highest BCUT2D eigenvalue weighted by Crippen LogP contribution is 2.15. The molecule has 0 amide bonds. The van der Waals surface area contributed by atoms with Crippen molar-refractivity contribution in [3.8, 4) is 17.6 Å². The van der Waals surface area contributed by atoms with Gasteiger partial charge >= 0.3 is 0 Å². The second-order valence-corrected chi connectivity index (χ2v) is 2.90. The molecule has 0 saturated carbocycles. The van der Waals surface area contributed by atoms with Crippen molar-refractivity contribution >= 4 is 22.6 Å². The van der Waals surface area contributed by atoms with Crippen LogP contribution in [0.2, 0.25) is 0 Å². The first-order valence-corrected chi connectivity index (χ1v) is 5.09. The van der Waals surface area contributed by atoms with Gasteiger partial charge in [0.25, 0.3) is 0 Å². The van der Waals surface area contributed by atoms with E-state index in [0.29, 0.717) is 0 Å². The Hall–Kier alpha value is -0.690. The van der Waals surface area contributed by atoms with E-state index >= 15 is 0 Å². The molecule has 0 N–H and O–H groups in total. The van der Waals surface area contributed by atoms with E-state index in [1.165, 1.54) is 0 Å². The van der Waals surface area contributed by atoms with Crippen LogP contribution < -0.4 is 4.74 Å². The van der Waals surface area contributed by atoms with E-state index in [-0.39, 0.29) is 0 Å². The van der Waals surface area contributed by atoms with Gasteiger partial charge in [-0.05, 0) is 12.1 Å². The summed E-state index contributed by atoms with van der Waals surface area (Å²) >= 11 is 2.22. The van der Waals surface area contributed by atoms with Gasteiger partial charge in [-0.3, -0.25) is 0 Å². The van der Waals surface area contributed by atoms with Crippen LogP contribution in [-0.4, -0.2) is 11.5 Å². The Bertz CT molecular complexity index is 309. The maximum Gasteiger partial charge on any atom is 0.134 e. The van der Waals surface area contributed by atoms with Crippen LogP contribution >= 0.6 is 22.6 Å². The summed E-state index contributed by atoms with van der Waals surface area (Å²) in [6.45, 7) is 0. The van der Waals surface area contributed by atoms with Crippen LogP contribution in [-0.2, 0) is 0 Å². The van der Waals surface area contributed by atoms with Crippen LogP contribution in [0.25, 0.3) is 0 Å². The van der Waals surface area contributed by atoms with E-state index in [9.17, 15) is 0 Å². The molecule has 0 aliphatic rings. The first-order chi connectivity index (χ1) is 5.88. The van der Waals surface area contributed by atoms with E-state index in [4.69, 9.17) is 4.74 Å². The first kappa shape index (κ1) is 9.40. The van der Waals surface area contributed by atoms with Crippen molar-refractivity contribution in [2.75, 3.05) is 11.5 Å². The van der Waals surface area contributed by atoms with Crippen LogP contribution in [0.3, 0.4) is 0 Å². The molecule has 0 radical (unpaired) electrons. The predicted molar refractivity (Wildman–Crippen MR) is 58.8 cm³/mol. The van der Waals surface area contributed by atoms with Gasteiger partial charge < -0.3 is 4.74 Å². The lowest BCUT2D eigenvalue weighted by Crippen LogP contribution is -1.86. The predicted octanol–water partition coefficient (Wildman–Crippen LogP) is 2.48. The van der Waals surface area contributed by atoms with Gasteiger partial charge in [0.05, 0.1) is 17.1 Å². The summed E-state index contributed by atoms with van der Waals surface area (Å²) in [5.74, 6) is 6.87. The second kappa shape index (κ2) is 5.04. The van der Waals surface area contributed by atoms with Crippen molar-refractivity contribution in [2.45, 2.75) is 0 Å². The second-order valence-electron chi connectivity index (χ2n) is 2.14. The summed E-state index contributed by atoms with van der Waals surface area (Å²) < 4.78 is 5.98. The molecule has 1 rings (SSSR count). The Morgan fingerprint density at radius 2 is 2.17 bits per heavy atom. The third-order valence-electron chi connectivity index (χ3n) is 1.40. The van der Waals surface area contributed by atoms with Gasteiger partial charge in [0.15, 0.2) is 0 Å². The standard InChI is InChI=1S/C10H9IO/c1-12-10-7-3-2-5-9(10)6-4-8-11/h2-3,5,7H,8H2,1H3. The van der Waals surface area contributed by atoms with Crippen molar-refractivity contribution in [3.05, 3.63) is 29.8 Å². The molecule has 0 aromatic heterocycles. The molecule has 1 aromatic rings. The van der Waals surface area contributed by atoms with E-state index in [0.717, 1.165) is 15.7 Å². The Kier molecular flexibility index (Phi) is 3.95. The minimum absolute atomic E-state index is 0.842. The molecule has 0 unspecified atom stereocenters. The van der Waals surface area contributed by atoms with Crippen molar-refractivity contribution in [1.82, 2.24) is 0 Å². The van der Waals surface area contributed by atoms with Crippen molar-refractivity contribution in [3.63, 3.8) is 0 Å². The van der Waals surface area contributed by atoms with Gasteiger partial charge in [0.1, 0.15) is 5.75 Å². The molecule has 0 bridgehead atoms. The molecule has 0 fully saturated rings. The molecular weight excluding hydrogens is 263 g/mol. The lowest BCUT2D eigenvalue weighted by molar-refractivity contribution is 0.413. The first-order valence-electron chi connectivity index (χ1n) is 3.56. The molecule has 1 aromatic carbocycles. The molecule has 12 heavy (non-hydrogen) atoms. The minimum Gasteiger partial charge on any atom is -0.495 e. The van der Waals surface area contributed by atoms with E-state index in [2.05, 4.69) is 34.4 Å². The molecule has 2 heteroatoms. The van der Waals surface area contributed by atoms with Gasteiger partial charge in [-0.25, -0.2) is 0 Å². The quantitative estimate of drug-likeness (QED) is 0.433. The Morgan fingerprint density at radius 1 is 1.42 bits per heavy atom. The molecule has 0 atom stereocenters.